The van der Waals surface area contributed by atoms with Crippen molar-refractivity contribution in [1.29, 1.82) is 0 Å². The Morgan fingerprint density at radius 3 is 2.70 bits per heavy atom. The Labute approximate surface area is 194 Å². The van der Waals surface area contributed by atoms with Crippen molar-refractivity contribution < 1.29 is 8.95 Å². The lowest BCUT2D eigenvalue weighted by molar-refractivity contribution is 0.414. The fraction of sp³-hybridized carbons (Fsp3) is 0.120. The molecule has 3 heterocycles. The van der Waals surface area contributed by atoms with Gasteiger partial charge in [-0.3, -0.25) is 4.68 Å². The topological polar surface area (TPSA) is 84.8 Å². The molecule has 33 heavy (non-hydrogen) atoms. The minimum Gasteiger partial charge on any atom is -0.497 e. The van der Waals surface area contributed by atoms with Crippen LogP contribution in [0.2, 0.25) is 0 Å². The fourth-order valence-corrected chi connectivity index (χ4v) is 4.29. The SMILES string of the molecule is COc1ccc(Cn2cc(-c3c[nH]c4ncc(-c5cccc(NS(C)=O)c5)cc34)cn2)cc1. The van der Waals surface area contributed by atoms with Crippen LogP contribution in [-0.2, 0) is 17.5 Å². The molecule has 5 rings (SSSR count). The van der Waals surface area contributed by atoms with Crippen LogP contribution >= 0.6 is 0 Å². The van der Waals surface area contributed by atoms with E-state index in [-0.39, 0.29) is 0 Å². The number of pyridine rings is 1. The number of aromatic nitrogens is 4. The molecule has 0 bridgehead atoms. The number of anilines is 1. The van der Waals surface area contributed by atoms with Gasteiger partial charge in [0.1, 0.15) is 22.4 Å². The Balaban J connectivity index is 1.44. The van der Waals surface area contributed by atoms with Crippen LogP contribution in [0.4, 0.5) is 5.69 Å². The highest BCUT2D eigenvalue weighted by Gasteiger charge is 2.12. The summed E-state index contributed by atoms with van der Waals surface area (Å²) in [4.78, 5) is 7.87. The normalized spacial score (nSPS) is 12.1. The number of nitrogens with one attached hydrogen (secondary N) is 2. The molecular formula is C25H23N5O2S. The van der Waals surface area contributed by atoms with E-state index >= 15 is 0 Å². The Bertz CT molecular complexity index is 1440. The highest BCUT2D eigenvalue weighted by molar-refractivity contribution is 7.85. The first kappa shape index (κ1) is 21.0. The zero-order valence-electron chi connectivity index (χ0n) is 18.3. The number of nitrogens with zero attached hydrogens (tertiary/aromatic N) is 3. The summed E-state index contributed by atoms with van der Waals surface area (Å²) in [6.07, 6.45) is 9.34. The summed E-state index contributed by atoms with van der Waals surface area (Å²) in [5.74, 6) is 0.839. The molecule has 1 unspecified atom stereocenters. The van der Waals surface area contributed by atoms with Crippen molar-refractivity contribution in [2.24, 2.45) is 0 Å². The van der Waals surface area contributed by atoms with E-state index in [4.69, 9.17) is 4.74 Å². The summed E-state index contributed by atoms with van der Waals surface area (Å²) in [6, 6.07) is 17.9. The predicted octanol–water partition coefficient (Wildman–Crippen LogP) is 4.86. The van der Waals surface area contributed by atoms with Gasteiger partial charge in [-0.2, -0.15) is 5.10 Å². The molecule has 0 fully saturated rings. The Hall–Kier alpha value is -3.91. The van der Waals surface area contributed by atoms with Gasteiger partial charge in [0.25, 0.3) is 0 Å². The van der Waals surface area contributed by atoms with E-state index in [1.807, 2.05) is 78.0 Å². The maximum absolute atomic E-state index is 11.5. The number of benzene rings is 2. The smallest absolute Gasteiger partial charge is 0.137 e. The molecule has 3 aromatic heterocycles. The summed E-state index contributed by atoms with van der Waals surface area (Å²) in [5.41, 5.74) is 6.83. The molecule has 1 atom stereocenters. The summed E-state index contributed by atoms with van der Waals surface area (Å²) in [5, 5.41) is 5.57. The van der Waals surface area contributed by atoms with Crippen LogP contribution in [0.1, 0.15) is 5.56 Å². The minimum absolute atomic E-state index is 0.675. The third-order valence-corrected chi connectivity index (χ3v) is 5.96. The number of hydrogen-bond donors (Lipinski definition) is 2. The second kappa shape index (κ2) is 8.91. The quantitative estimate of drug-likeness (QED) is 0.366. The van der Waals surface area contributed by atoms with Crippen LogP contribution in [0, 0.1) is 0 Å². The third kappa shape index (κ3) is 4.51. The summed E-state index contributed by atoms with van der Waals surface area (Å²) in [6.45, 7) is 0.675. The van der Waals surface area contributed by atoms with E-state index in [1.54, 1.807) is 13.4 Å². The van der Waals surface area contributed by atoms with Crippen LogP contribution in [0.15, 0.2) is 79.4 Å². The molecule has 8 heteroatoms. The van der Waals surface area contributed by atoms with Crippen molar-refractivity contribution in [2.75, 3.05) is 18.1 Å². The van der Waals surface area contributed by atoms with Crippen molar-refractivity contribution in [3.8, 4) is 28.0 Å². The number of ether oxygens (including phenoxy) is 1. The molecular weight excluding hydrogens is 434 g/mol. The number of aromatic amines is 1. The Morgan fingerprint density at radius 2 is 1.91 bits per heavy atom. The van der Waals surface area contributed by atoms with Crippen molar-refractivity contribution in [1.82, 2.24) is 19.7 Å². The summed E-state index contributed by atoms with van der Waals surface area (Å²) < 4.78 is 21.6. The molecule has 2 aromatic carbocycles. The molecule has 0 amide bonds. The zero-order chi connectivity index (χ0) is 22.8. The molecule has 0 aliphatic carbocycles. The van der Waals surface area contributed by atoms with E-state index in [9.17, 15) is 4.21 Å². The first-order valence-corrected chi connectivity index (χ1v) is 12.0. The highest BCUT2D eigenvalue weighted by Crippen LogP contribution is 2.31. The van der Waals surface area contributed by atoms with Gasteiger partial charge in [-0.05, 0) is 41.5 Å². The van der Waals surface area contributed by atoms with E-state index in [2.05, 4.69) is 25.9 Å². The molecule has 0 spiro atoms. The minimum atomic E-state index is -1.13. The van der Waals surface area contributed by atoms with Gasteiger partial charge in [0.2, 0.25) is 0 Å². The monoisotopic (exact) mass is 457 g/mol. The lowest BCUT2D eigenvalue weighted by atomic mass is 10.0. The first-order chi connectivity index (χ1) is 16.1. The van der Waals surface area contributed by atoms with E-state index in [1.165, 1.54) is 0 Å². The van der Waals surface area contributed by atoms with Gasteiger partial charge in [-0.15, -0.1) is 0 Å². The Kier molecular flexibility index (Phi) is 5.66. The maximum Gasteiger partial charge on any atom is 0.137 e. The van der Waals surface area contributed by atoms with E-state index < -0.39 is 11.0 Å². The Morgan fingerprint density at radius 1 is 1.06 bits per heavy atom. The number of methoxy groups -OCH3 is 1. The standard InChI is InChI=1S/C25H23N5O2S/c1-32-22-8-6-17(7-9-22)15-30-16-20(13-28-30)24-14-27-25-23(24)11-19(12-26-25)18-4-3-5-21(10-18)29-33(2)31/h3-14,16,29H,15H2,1-2H3,(H,26,27). The van der Waals surface area contributed by atoms with Crippen LogP contribution in [0.5, 0.6) is 5.75 Å². The third-order valence-electron chi connectivity index (χ3n) is 5.44. The zero-order valence-corrected chi connectivity index (χ0v) is 19.1. The number of rotatable bonds is 7. The van der Waals surface area contributed by atoms with Crippen LogP contribution < -0.4 is 9.46 Å². The molecule has 0 aliphatic heterocycles. The molecule has 2 N–H and O–H groups in total. The highest BCUT2D eigenvalue weighted by atomic mass is 32.2. The van der Waals surface area contributed by atoms with Crippen LogP contribution in [-0.4, -0.2) is 37.3 Å². The largest absolute Gasteiger partial charge is 0.497 e. The number of H-pyrrole nitrogens is 1. The maximum atomic E-state index is 11.5. The van der Waals surface area contributed by atoms with Crippen molar-refractivity contribution in [3.05, 3.63) is 84.9 Å². The second-order valence-corrected chi connectivity index (χ2v) is 8.85. The number of hydrogen-bond acceptors (Lipinski definition) is 4. The van der Waals surface area contributed by atoms with Gasteiger partial charge in [0, 0.05) is 52.6 Å². The van der Waals surface area contributed by atoms with Crippen LogP contribution in [0.25, 0.3) is 33.3 Å². The van der Waals surface area contributed by atoms with Gasteiger partial charge in [0.05, 0.1) is 19.9 Å². The van der Waals surface area contributed by atoms with Crippen molar-refractivity contribution in [2.45, 2.75) is 6.54 Å². The second-order valence-electron chi connectivity index (χ2n) is 7.73. The lowest BCUT2D eigenvalue weighted by Crippen LogP contribution is -2.00. The average Bonchev–Trinajstić information content (AvgIpc) is 3.45. The lowest BCUT2D eigenvalue weighted by Gasteiger charge is -2.06. The van der Waals surface area contributed by atoms with Gasteiger partial charge in [-0.1, -0.05) is 24.3 Å². The number of fused-ring (bicyclic) bond motifs is 1. The summed E-state index contributed by atoms with van der Waals surface area (Å²) in [7, 11) is 0.538. The average molecular weight is 458 g/mol. The van der Waals surface area contributed by atoms with Gasteiger partial charge in [0.15, 0.2) is 0 Å². The van der Waals surface area contributed by atoms with Crippen molar-refractivity contribution >= 4 is 27.7 Å². The fourth-order valence-electron chi connectivity index (χ4n) is 3.84. The predicted molar refractivity (Wildman–Crippen MR) is 133 cm³/mol. The molecule has 0 saturated heterocycles. The molecule has 5 aromatic rings. The van der Waals surface area contributed by atoms with Gasteiger partial charge in [-0.25, -0.2) is 9.19 Å². The van der Waals surface area contributed by atoms with Crippen molar-refractivity contribution in [3.63, 3.8) is 0 Å². The molecule has 7 nitrogen and oxygen atoms in total. The van der Waals surface area contributed by atoms with Gasteiger partial charge >= 0.3 is 0 Å². The van der Waals surface area contributed by atoms with E-state index in [0.717, 1.165) is 50.3 Å². The molecule has 166 valence electrons. The molecule has 0 radical (unpaired) electrons. The molecule has 0 aliphatic rings. The summed E-state index contributed by atoms with van der Waals surface area (Å²) >= 11 is 0. The molecule has 0 saturated carbocycles. The van der Waals surface area contributed by atoms with E-state index in [0.29, 0.717) is 6.54 Å². The van der Waals surface area contributed by atoms with Gasteiger partial charge < -0.3 is 14.4 Å². The van der Waals surface area contributed by atoms with Crippen LogP contribution in [0.3, 0.4) is 0 Å². The first-order valence-electron chi connectivity index (χ1n) is 10.4.